The predicted molar refractivity (Wildman–Crippen MR) is 269 cm³/mol. The second-order valence-electron chi connectivity index (χ2n) is 22.1. The SMILES string of the molecule is CN[C@@H](C)C(=O)NC(C(=O)N1C[C@@H](NC(=O)CC(=O)N[C@H]2C[C@@H](C(=O)N[C@@H]3CCCc4ccccc43)N(C(=O)[C@@H](NC(=O)[C@H](C)NC)C(C)(C)C)C2)C[C@H]1C(=O)N[C@@H]1CCCc2ccccc21)C(C)(C)C. The summed E-state index contributed by atoms with van der Waals surface area (Å²) in [5, 5.41) is 23.7. The zero-order valence-electron chi connectivity index (χ0n) is 43.3. The summed E-state index contributed by atoms with van der Waals surface area (Å²) in [5.74, 6) is -3.75. The Kier molecular flexibility index (Phi) is 17.7. The largest absolute Gasteiger partial charge is 0.351 e. The molecule has 4 aliphatic rings. The highest BCUT2D eigenvalue weighted by Gasteiger charge is 2.48. The second kappa shape index (κ2) is 23.1. The van der Waals surface area contributed by atoms with Crippen LogP contribution in [0.15, 0.2) is 48.5 Å². The molecule has 18 nitrogen and oxygen atoms in total. The molecule has 6 rings (SSSR count). The quantitative estimate of drug-likeness (QED) is 0.114. The summed E-state index contributed by atoms with van der Waals surface area (Å²) in [6, 6.07) is 8.77. The van der Waals surface area contributed by atoms with Crippen molar-refractivity contribution in [2.24, 2.45) is 10.8 Å². The van der Waals surface area contributed by atoms with E-state index in [1.165, 1.54) is 9.80 Å². The third kappa shape index (κ3) is 13.4. The molecule has 8 N–H and O–H groups in total. The maximum absolute atomic E-state index is 14.6. The van der Waals surface area contributed by atoms with Gasteiger partial charge >= 0.3 is 0 Å². The van der Waals surface area contributed by atoms with Gasteiger partial charge in [0.25, 0.3) is 0 Å². The average molecular weight is 983 g/mol. The summed E-state index contributed by atoms with van der Waals surface area (Å²) < 4.78 is 0. The Morgan fingerprint density at radius 2 is 0.930 bits per heavy atom. The summed E-state index contributed by atoms with van der Waals surface area (Å²) in [6.07, 6.45) is 4.52. The van der Waals surface area contributed by atoms with Crippen LogP contribution in [0.25, 0.3) is 0 Å². The van der Waals surface area contributed by atoms with E-state index in [0.717, 1.165) is 60.8 Å². The van der Waals surface area contributed by atoms with Crippen LogP contribution in [0.5, 0.6) is 0 Å². The van der Waals surface area contributed by atoms with E-state index in [9.17, 15) is 38.4 Å². The third-order valence-electron chi connectivity index (χ3n) is 14.6. The van der Waals surface area contributed by atoms with Crippen LogP contribution < -0.4 is 42.5 Å². The van der Waals surface area contributed by atoms with E-state index >= 15 is 0 Å². The van der Waals surface area contributed by atoms with Crippen LogP contribution in [0, 0.1) is 10.8 Å². The zero-order valence-corrected chi connectivity index (χ0v) is 43.3. The predicted octanol–water partition coefficient (Wildman–Crippen LogP) is 2.21. The molecule has 0 saturated carbocycles. The van der Waals surface area contributed by atoms with E-state index in [1.807, 2.05) is 77.9 Å². The number of carbonyl (C=O) groups excluding carboxylic acids is 8. The Bertz CT molecular complexity index is 2150. The van der Waals surface area contributed by atoms with Crippen LogP contribution in [-0.4, -0.2) is 133 Å². The minimum absolute atomic E-state index is 0.0455. The van der Waals surface area contributed by atoms with Gasteiger partial charge in [-0.2, -0.15) is 0 Å². The van der Waals surface area contributed by atoms with Crippen molar-refractivity contribution in [2.45, 2.75) is 174 Å². The van der Waals surface area contributed by atoms with Crippen LogP contribution in [-0.2, 0) is 51.2 Å². The van der Waals surface area contributed by atoms with Gasteiger partial charge in [0.1, 0.15) is 30.6 Å². The molecular weight excluding hydrogens is 905 g/mol. The summed E-state index contributed by atoms with van der Waals surface area (Å²) in [5.41, 5.74) is 2.85. The van der Waals surface area contributed by atoms with E-state index in [0.29, 0.717) is 0 Å². The Labute approximate surface area is 419 Å². The van der Waals surface area contributed by atoms with Crippen molar-refractivity contribution in [2.75, 3.05) is 27.2 Å². The topological polar surface area (TPSA) is 239 Å². The number of rotatable bonds is 16. The maximum atomic E-state index is 14.6. The van der Waals surface area contributed by atoms with Gasteiger partial charge in [-0.05, 0) is 112 Å². The van der Waals surface area contributed by atoms with E-state index in [-0.39, 0.29) is 61.6 Å². The lowest BCUT2D eigenvalue weighted by Crippen LogP contribution is -2.59. The normalized spacial score (nSPS) is 23.7. The third-order valence-corrected chi connectivity index (χ3v) is 14.6. The molecule has 10 atom stereocenters. The maximum Gasteiger partial charge on any atom is 0.246 e. The minimum Gasteiger partial charge on any atom is -0.351 e. The summed E-state index contributed by atoms with van der Waals surface area (Å²) >= 11 is 0. The van der Waals surface area contributed by atoms with Gasteiger partial charge in [-0.25, -0.2) is 0 Å². The molecule has 0 radical (unpaired) electrons. The van der Waals surface area contributed by atoms with Gasteiger partial charge in [-0.3, -0.25) is 38.4 Å². The molecule has 0 spiro atoms. The molecule has 2 aromatic carbocycles. The molecule has 8 amide bonds. The summed E-state index contributed by atoms with van der Waals surface area (Å²) in [7, 11) is 3.29. The highest BCUT2D eigenvalue weighted by atomic mass is 16.2. The molecule has 2 aliphatic heterocycles. The van der Waals surface area contributed by atoms with E-state index in [4.69, 9.17) is 0 Å². The van der Waals surface area contributed by atoms with Crippen LogP contribution in [0.1, 0.15) is 135 Å². The number of hydrogen-bond donors (Lipinski definition) is 8. The number of likely N-dealkylation sites (N-methyl/N-ethyl adjacent to an activating group) is 2. The molecule has 1 unspecified atom stereocenters. The van der Waals surface area contributed by atoms with Gasteiger partial charge in [0, 0.05) is 25.2 Å². The van der Waals surface area contributed by atoms with E-state index < -0.39 is 89.2 Å². The Balaban J connectivity index is 1.17. The van der Waals surface area contributed by atoms with Gasteiger partial charge < -0.3 is 52.3 Å². The fourth-order valence-corrected chi connectivity index (χ4v) is 10.3. The Hall–Kier alpha value is -5.88. The number of nitrogens with zero attached hydrogens (tertiary/aromatic N) is 2. The minimum atomic E-state index is -1.01. The fraction of sp³-hybridized carbons (Fsp3) is 0.623. The van der Waals surface area contributed by atoms with Crippen LogP contribution >= 0.6 is 0 Å². The molecule has 388 valence electrons. The van der Waals surface area contributed by atoms with E-state index in [2.05, 4.69) is 54.7 Å². The first kappa shape index (κ1) is 54.5. The van der Waals surface area contributed by atoms with Crippen molar-refractivity contribution >= 4 is 47.3 Å². The second-order valence-corrected chi connectivity index (χ2v) is 22.1. The van der Waals surface area contributed by atoms with Crippen LogP contribution in [0.4, 0.5) is 0 Å². The van der Waals surface area contributed by atoms with Gasteiger partial charge in [0.05, 0.1) is 24.2 Å². The standard InChI is InChI=1S/C53H78N10O8/c1-30(54-9)46(66)60-44(52(3,4)5)50(70)62-28-34(25-40(62)48(68)58-38-23-15-19-32-17-11-13-21-36(32)38)56-42(64)27-43(65)57-35-26-41(49(69)59-39-24-16-20-33-18-12-14-22-37(33)39)63(29-35)51(71)45(53(6,7)8)61-47(67)31(2)55-10/h11-14,17-18,21-22,30-31,34-35,38-41,44-45,54-55H,15-16,19-20,23-29H2,1-10H3,(H,56,64)(H,57,65)(H,58,68)(H,59,69)(H,60,66)(H,61,67)/t30-,31-,34-,35-,38+,39+,40-,41-,44+,45?/m0/s1. The molecule has 2 heterocycles. The molecule has 0 bridgehead atoms. The number of hydrogen-bond acceptors (Lipinski definition) is 10. The number of fused-ring (bicyclic) bond motifs is 2. The Morgan fingerprint density at radius 3 is 1.28 bits per heavy atom. The number of nitrogens with one attached hydrogen (secondary N) is 8. The van der Waals surface area contributed by atoms with Crippen molar-refractivity contribution in [1.29, 1.82) is 0 Å². The zero-order chi connectivity index (χ0) is 51.9. The van der Waals surface area contributed by atoms with Gasteiger partial charge in [-0.1, -0.05) is 90.1 Å². The number of carbonyl (C=O) groups is 8. The van der Waals surface area contributed by atoms with Gasteiger partial charge in [-0.15, -0.1) is 0 Å². The first-order valence-corrected chi connectivity index (χ1v) is 25.4. The lowest BCUT2D eigenvalue weighted by Gasteiger charge is -2.36. The van der Waals surface area contributed by atoms with Crippen molar-refractivity contribution in [3.63, 3.8) is 0 Å². The molecular formula is C53H78N10O8. The number of likely N-dealkylation sites (tertiary alicyclic amines) is 2. The lowest BCUT2D eigenvalue weighted by atomic mass is 9.85. The fourth-order valence-electron chi connectivity index (χ4n) is 10.3. The number of amides is 8. The summed E-state index contributed by atoms with van der Waals surface area (Å²) in [4.78, 5) is 115. The van der Waals surface area contributed by atoms with Crippen LogP contribution in [0.3, 0.4) is 0 Å². The Morgan fingerprint density at radius 1 is 0.563 bits per heavy atom. The number of benzene rings is 2. The highest BCUT2D eigenvalue weighted by molar-refractivity contribution is 5.98. The molecule has 71 heavy (non-hydrogen) atoms. The molecule has 2 saturated heterocycles. The highest BCUT2D eigenvalue weighted by Crippen LogP contribution is 2.34. The van der Waals surface area contributed by atoms with Crippen molar-refractivity contribution in [1.82, 2.24) is 52.3 Å². The van der Waals surface area contributed by atoms with Crippen LogP contribution in [0.2, 0.25) is 0 Å². The summed E-state index contributed by atoms with van der Waals surface area (Å²) in [6.45, 7) is 14.3. The van der Waals surface area contributed by atoms with Gasteiger partial charge in [0.2, 0.25) is 47.3 Å². The van der Waals surface area contributed by atoms with Crippen molar-refractivity contribution in [3.8, 4) is 0 Å². The molecule has 18 heteroatoms. The molecule has 2 fully saturated rings. The first-order chi connectivity index (χ1) is 33.5. The lowest BCUT2D eigenvalue weighted by molar-refractivity contribution is -0.144. The van der Waals surface area contributed by atoms with Crippen molar-refractivity contribution < 1.29 is 38.4 Å². The number of aryl methyl sites for hydroxylation is 2. The van der Waals surface area contributed by atoms with Crippen molar-refractivity contribution in [3.05, 3.63) is 70.8 Å². The molecule has 2 aliphatic carbocycles. The smallest absolute Gasteiger partial charge is 0.246 e. The average Bonchev–Trinajstić information content (AvgIpc) is 3.95. The molecule has 2 aromatic rings. The molecule has 0 aromatic heterocycles. The first-order valence-electron chi connectivity index (χ1n) is 25.4. The van der Waals surface area contributed by atoms with E-state index in [1.54, 1.807) is 27.9 Å². The monoisotopic (exact) mass is 983 g/mol. The van der Waals surface area contributed by atoms with Gasteiger partial charge in [0.15, 0.2) is 0 Å².